The van der Waals surface area contributed by atoms with E-state index >= 15 is 0 Å². The molecule has 0 bridgehead atoms. The summed E-state index contributed by atoms with van der Waals surface area (Å²) in [6.07, 6.45) is 4.88. The molecule has 10 heteroatoms. The molecule has 0 aromatic rings. The summed E-state index contributed by atoms with van der Waals surface area (Å²) in [6, 6.07) is 0. The quantitative estimate of drug-likeness (QED) is 0.157. The van der Waals surface area contributed by atoms with Crippen LogP contribution in [-0.2, 0) is 24.4 Å². The zero-order chi connectivity index (χ0) is 15.6. The maximum atomic E-state index is 11.2. The third kappa shape index (κ3) is 14.4. The predicted octanol–water partition coefficient (Wildman–Crippen LogP) is -6.05. The first-order chi connectivity index (χ1) is 9.29. The number of carbonyl (C=O) groups is 2. The van der Waals surface area contributed by atoms with Gasteiger partial charge in [0.1, 0.15) is 10.1 Å². The van der Waals surface area contributed by atoms with Crippen molar-refractivity contribution in [3.05, 3.63) is 0 Å². The van der Waals surface area contributed by atoms with Crippen molar-refractivity contribution in [2.45, 2.75) is 57.1 Å². The molecule has 0 aliphatic carbocycles. The molecule has 7 nitrogen and oxygen atoms in total. The average Bonchev–Trinajstić information content (AvgIpc) is 2.33. The van der Waals surface area contributed by atoms with Crippen LogP contribution in [0.1, 0.15) is 51.9 Å². The zero-order valence-corrected chi connectivity index (χ0v) is 18.3. The molecule has 1 atom stereocenters. The number of aliphatic carboxylic acids is 1. The van der Waals surface area contributed by atoms with Gasteiger partial charge in [-0.2, -0.15) is 0 Å². The summed E-state index contributed by atoms with van der Waals surface area (Å²) in [5.74, 6) is -3.11. The van der Waals surface area contributed by atoms with E-state index in [1.54, 1.807) is 0 Å². The van der Waals surface area contributed by atoms with Crippen molar-refractivity contribution in [2.75, 3.05) is 6.61 Å². The number of carboxylic acid groups (broad SMARTS) is 1. The second kappa shape index (κ2) is 15.4. The van der Waals surface area contributed by atoms with Crippen LogP contribution in [-0.4, -0.2) is 36.8 Å². The molecule has 0 aliphatic heterocycles. The van der Waals surface area contributed by atoms with E-state index in [0.717, 1.165) is 32.1 Å². The third-order valence-electron chi connectivity index (χ3n) is 2.72. The van der Waals surface area contributed by atoms with Crippen LogP contribution in [0.15, 0.2) is 0 Å². The molecule has 1 unspecified atom stereocenters. The molecule has 0 aliphatic rings. The summed E-state index contributed by atoms with van der Waals surface area (Å²) in [5.41, 5.74) is 0. The smallest absolute Gasteiger partial charge is 0.747 e. The van der Waals surface area contributed by atoms with Crippen LogP contribution in [0.5, 0.6) is 0 Å². The van der Waals surface area contributed by atoms with Gasteiger partial charge in [0.05, 0.1) is 24.2 Å². The van der Waals surface area contributed by atoms with Crippen molar-refractivity contribution in [3.8, 4) is 0 Å². The van der Waals surface area contributed by atoms with E-state index in [9.17, 15) is 27.7 Å². The van der Waals surface area contributed by atoms with Gasteiger partial charge in [0.15, 0.2) is 0 Å². The Morgan fingerprint density at radius 3 is 2.00 bits per heavy atom. The number of hydrogen-bond acceptors (Lipinski definition) is 7. The van der Waals surface area contributed by atoms with Gasteiger partial charge in [-0.1, -0.05) is 39.0 Å². The summed E-state index contributed by atoms with van der Waals surface area (Å²) >= 11 is 0. The number of hydrogen-bond donors (Lipinski definition) is 0. The Bertz CT molecular complexity index is 412. The summed E-state index contributed by atoms with van der Waals surface area (Å²) in [7, 11) is -5.12. The third-order valence-corrected chi connectivity index (χ3v) is 3.78. The van der Waals surface area contributed by atoms with Crippen molar-refractivity contribution < 1.29 is 91.5 Å². The molecule has 0 amide bonds. The number of rotatable bonds is 11. The number of ether oxygens (including phenoxy) is 1. The molecule has 0 rings (SSSR count). The molecule has 0 radical (unpaired) electrons. The normalized spacial score (nSPS) is 11.7. The molecular formula is C12H20Na2O7S. The van der Waals surface area contributed by atoms with Crippen molar-refractivity contribution >= 4 is 22.1 Å². The molecule has 0 aromatic heterocycles. The molecule has 0 spiro atoms. The van der Waals surface area contributed by atoms with Crippen molar-refractivity contribution in [1.29, 1.82) is 0 Å². The first kappa shape index (κ1) is 27.7. The van der Waals surface area contributed by atoms with E-state index in [1.165, 1.54) is 0 Å². The first-order valence-electron chi connectivity index (χ1n) is 6.60. The van der Waals surface area contributed by atoms with Crippen LogP contribution < -0.4 is 64.2 Å². The summed E-state index contributed by atoms with van der Waals surface area (Å²) < 4.78 is 36.5. The minimum absolute atomic E-state index is 0. The van der Waals surface area contributed by atoms with Gasteiger partial charge in [-0.05, 0) is 6.42 Å². The van der Waals surface area contributed by atoms with Crippen LogP contribution in [0.2, 0.25) is 0 Å². The van der Waals surface area contributed by atoms with Gasteiger partial charge in [-0.3, -0.25) is 4.79 Å². The van der Waals surface area contributed by atoms with Gasteiger partial charge in [0, 0.05) is 0 Å². The molecule has 0 N–H and O–H groups in total. The minimum Gasteiger partial charge on any atom is -0.747 e. The number of esters is 1. The summed E-state index contributed by atoms with van der Waals surface area (Å²) in [6.45, 7) is 2.18. The molecule has 0 aromatic carbocycles. The minimum atomic E-state index is -5.12. The Morgan fingerprint density at radius 1 is 1.05 bits per heavy atom. The van der Waals surface area contributed by atoms with E-state index in [4.69, 9.17) is 4.74 Å². The van der Waals surface area contributed by atoms with Crippen molar-refractivity contribution in [3.63, 3.8) is 0 Å². The molecule has 22 heavy (non-hydrogen) atoms. The summed E-state index contributed by atoms with van der Waals surface area (Å²) in [5, 5.41) is 8.07. The number of carboxylic acids is 1. The molecule has 0 saturated heterocycles. The Hall–Kier alpha value is 0.850. The van der Waals surface area contributed by atoms with Gasteiger partial charge in [0.25, 0.3) is 0 Å². The largest absolute Gasteiger partial charge is 1.00 e. The van der Waals surface area contributed by atoms with Crippen LogP contribution in [0.4, 0.5) is 0 Å². The maximum Gasteiger partial charge on any atom is 1.00 e. The zero-order valence-electron chi connectivity index (χ0n) is 13.5. The van der Waals surface area contributed by atoms with E-state index in [0.29, 0.717) is 6.42 Å². The Kier molecular flexibility index (Phi) is 19.4. The van der Waals surface area contributed by atoms with E-state index in [-0.39, 0.29) is 65.7 Å². The van der Waals surface area contributed by atoms with Crippen molar-refractivity contribution in [1.82, 2.24) is 0 Å². The Labute approximate surface area is 175 Å². The van der Waals surface area contributed by atoms with Gasteiger partial charge < -0.3 is 19.2 Å². The monoisotopic (exact) mass is 354 g/mol. The number of unbranched alkanes of at least 4 members (excludes halogenated alkanes) is 5. The Balaban J connectivity index is -0.00000180. The van der Waals surface area contributed by atoms with Gasteiger partial charge in [-0.25, -0.2) is 8.42 Å². The van der Waals surface area contributed by atoms with Crippen LogP contribution in [0.3, 0.4) is 0 Å². The number of carbonyl (C=O) groups excluding carboxylic acids is 2. The topological polar surface area (TPSA) is 124 Å². The van der Waals surface area contributed by atoms with E-state index < -0.39 is 33.7 Å². The van der Waals surface area contributed by atoms with Gasteiger partial charge in [-0.15, -0.1) is 0 Å². The Morgan fingerprint density at radius 2 is 1.55 bits per heavy atom. The van der Waals surface area contributed by atoms with Crippen LogP contribution in [0, 0.1) is 0 Å². The standard InChI is InChI=1S/C12H22O7S.2Na/c1-2-3-4-5-6-7-8-19-11(13)9-10(12(14)15)20(16,17)18;;/h10H,2-9H2,1H3,(H,14,15)(H,16,17,18);;/q;2*+1/p-2. The fraction of sp³-hybridized carbons (Fsp3) is 0.833. The second-order valence-electron chi connectivity index (χ2n) is 4.49. The van der Waals surface area contributed by atoms with Gasteiger partial charge >= 0.3 is 65.1 Å². The SMILES string of the molecule is CCCCCCCCOC(=O)CC(C(=O)[O-])S(=O)(=O)[O-].[Na+].[Na+]. The van der Waals surface area contributed by atoms with Crippen LogP contribution >= 0.6 is 0 Å². The second-order valence-corrected chi connectivity index (χ2v) is 6.05. The average molecular weight is 354 g/mol. The fourth-order valence-corrected chi connectivity index (χ4v) is 2.16. The van der Waals surface area contributed by atoms with Crippen LogP contribution in [0.25, 0.3) is 0 Å². The molecular weight excluding hydrogens is 334 g/mol. The first-order valence-corrected chi connectivity index (χ1v) is 8.07. The predicted molar refractivity (Wildman–Crippen MR) is 67.4 cm³/mol. The molecule has 0 saturated carbocycles. The van der Waals surface area contributed by atoms with Crippen molar-refractivity contribution in [2.24, 2.45) is 0 Å². The molecule has 118 valence electrons. The molecule has 0 heterocycles. The van der Waals surface area contributed by atoms with E-state index in [1.807, 2.05) is 0 Å². The van der Waals surface area contributed by atoms with E-state index in [2.05, 4.69) is 6.92 Å². The molecule has 0 fully saturated rings. The fourth-order valence-electron chi connectivity index (χ4n) is 1.58. The summed E-state index contributed by atoms with van der Waals surface area (Å²) in [4.78, 5) is 21.7. The maximum absolute atomic E-state index is 11.2. The van der Waals surface area contributed by atoms with Gasteiger partial charge in [0.2, 0.25) is 0 Å².